The molecule has 2 heteroatoms. The second-order valence-electron chi connectivity index (χ2n) is 5.62. The van der Waals surface area contributed by atoms with Gasteiger partial charge in [0.15, 0.2) is 0 Å². The van der Waals surface area contributed by atoms with Crippen LogP contribution in [-0.4, -0.2) is 19.1 Å². The topological polar surface area (TPSA) is 29.3 Å². The Labute approximate surface area is 125 Å². The van der Waals surface area contributed by atoms with E-state index in [9.17, 15) is 0 Å². The summed E-state index contributed by atoms with van der Waals surface area (Å²) in [6, 6.07) is 11.2. The molecule has 0 bridgehead atoms. The van der Waals surface area contributed by atoms with Crippen LogP contribution in [-0.2, 0) is 0 Å². The molecule has 20 heavy (non-hydrogen) atoms. The van der Waals surface area contributed by atoms with Crippen LogP contribution in [0.15, 0.2) is 30.3 Å². The molecular weight excluding hydrogens is 244 g/mol. The number of benzene rings is 1. The van der Waals surface area contributed by atoms with Crippen LogP contribution in [0.25, 0.3) is 0 Å². The first-order chi connectivity index (χ1) is 9.83. The van der Waals surface area contributed by atoms with Crippen molar-refractivity contribution in [1.29, 1.82) is 0 Å². The van der Waals surface area contributed by atoms with Gasteiger partial charge in [-0.15, -0.1) is 0 Å². The first-order valence-corrected chi connectivity index (χ1v) is 8.35. The van der Waals surface area contributed by atoms with Gasteiger partial charge in [0.25, 0.3) is 0 Å². The predicted octanol–water partition coefficient (Wildman–Crippen LogP) is 4.59. The van der Waals surface area contributed by atoms with Gasteiger partial charge in [-0.1, -0.05) is 64.2 Å². The minimum atomic E-state index is 0.487. The van der Waals surface area contributed by atoms with Crippen molar-refractivity contribution in [3.8, 4) is 0 Å². The lowest BCUT2D eigenvalue weighted by molar-refractivity contribution is 0.508. The molecule has 1 rings (SSSR count). The SMILES string of the molecule is CCCCCCC(CN)N(CCCC)c1ccccc1. The second kappa shape index (κ2) is 10.7. The normalized spacial score (nSPS) is 12.3. The molecule has 0 saturated carbocycles. The molecule has 0 spiro atoms. The Morgan fingerprint density at radius 3 is 2.25 bits per heavy atom. The van der Waals surface area contributed by atoms with E-state index in [4.69, 9.17) is 5.73 Å². The first kappa shape index (κ1) is 17.0. The average molecular weight is 276 g/mol. The summed E-state index contributed by atoms with van der Waals surface area (Å²) in [6.07, 6.45) is 8.96. The van der Waals surface area contributed by atoms with E-state index in [0.717, 1.165) is 13.1 Å². The number of nitrogens with two attached hydrogens (primary N) is 1. The molecule has 1 aromatic carbocycles. The monoisotopic (exact) mass is 276 g/mol. The van der Waals surface area contributed by atoms with Crippen LogP contribution < -0.4 is 10.6 Å². The number of hydrogen-bond acceptors (Lipinski definition) is 2. The van der Waals surface area contributed by atoms with Gasteiger partial charge in [-0.25, -0.2) is 0 Å². The summed E-state index contributed by atoms with van der Waals surface area (Å²) < 4.78 is 0. The van der Waals surface area contributed by atoms with Crippen LogP contribution in [0.5, 0.6) is 0 Å². The van der Waals surface area contributed by atoms with Crippen LogP contribution in [0.1, 0.15) is 58.8 Å². The number of hydrogen-bond donors (Lipinski definition) is 1. The van der Waals surface area contributed by atoms with E-state index in [1.54, 1.807) is 0 Å². The molecule has 0 radical (unpaired) electrons. The fourth-order valence-electron chi connectivity index (χ4n) is 2.68. The summed E-state index contributed by atoms with van der Waals surface area (Å²) >= 11 is 0. The Morgan fingerprint density at radius 1 is 0.950 bits per heavy atom. The average Bonchev–Trinajstić information content (AvgIpc) is 2.50. The lowest BCUT2D eigenvalue weighted by Crippen LogP contribution is -2.41. The Kier molecular flexibility index (Phi) is 9.14. The van der Waals surface area contributed by atoms with Crippen LogP contribution in [0.3, 0.4) is 0 Å². The van der Waals surface area contributed by atoms with Gasteiger partial charge in [-0.05, 0) is 25.0 Å². The van der Waals surface area contributed by atoms with Crippen molar-refractivity contribution in [2.75, 3.05) is 18.0 Å². The summed E-state index contributed by atoms with van der Waals surface area (Å²) in [5, 5.41) is 0. The van der Waals surface area contributed by atoms with Gasteiger partial charge in [0, 0.05) is 24.8 Å². The van der Waals surface area contributed by atoms with Crippen molar-refractivity contribution in [2.24, 2.45) is 5.73 Å². The molecule has 1 unspecified atom stereocenters. The fraction of sp³-hybridized carbons (Fsp3) is 0.667. The summed E-state index contributed by atoms with van der Waals surface area (Å²) in [4.78, 5) is 2.52. The van der Waals surface area contributed by atoms with E-state index < -0.39 is 0 Å². The Bertz CT molecular complexity index is 323. The van der Waals surface area contributed by atoms with Crippen molar-refractivity contribution >= 4 is 5.69 Å². The number of anilines is 1. The molecule has 0 aliphatic rings. The molecule has 0 aromatic heterocycles. The second-order valence-corrected chi connectivity index (χ2v) is 5.62. The van der Waals surface area contributed by atoms with Crippen molar-refractivity contribution in [3.05, 3.63) is 30.3 Å². The molecule has 0 aliphatic carbocycles. The van der Waals surface area contributed by atoms with Crippen molar-refractivity contribution < 1.29 is 0 Å². The highest BCUT2D eigenvalue weighted by Gasteiger charge is 2.16. The number of rotatable bonds is 11. The predicted molar refractivity (Wildman–Crippen MR) is 90.3 cm³/mol. The molecule has 0 fully saturated rings. The Balaban J connectivity index is 2.63. The fourth-order valence-corrected chi connectivity index (χ4v) is 2.68. The summed E-state index contributed by atoms with van der Waals surface area (Å²) in [7, 11) is 0. The van der Waals surface area contributed by atoms with Crippen molar-refractivity contribution in [3.63, 3.8) is 0 Å². The molecule has 0 saturated heterocycles. The quantitative estimate of drug-likeness (QED) is 0.599. The molecule has 2 nitrogen and oxygen atoms in total. The van der Waals surface area contributed by atoms with E-state index >= 15 is 0 Å². The number of unbranched alkanes of at least 4 members (excludes halogenated alkanes) is 4. The molecule has 2 N–H and O–H groups in total. The lowest BCUT2D eigenvalue weighted by Gasteiger charge is -2.33. The largest absolute Gasteiger partial charge is 0.367 e. The summed E-state index contributed by atoms with van der Waals surface area (Å²) in [5.74, 6) is 0. The van der Waals surface area contributed by atoms with Crippen molar-refractivity contribution in [1.82, 2.24) is 0 Å². The van der Waals surface area contributed by atoms with Crippen LogP contribution in [0.2, 0.25) is 0 Å². The Morgan fingerprint density at radius 2 is 1.65 bits per heavy atom. The molecule has 114 valence electrons. The number of nitrogens with zero attached hydrogens (tertiary/aromatic N) is 1. The van der Waals surface area contributed by atoms with Crippen LogP contribution in [0, 0.1) is 0 Å². The van der Waals surface area contributed by atoms with Crippen LogP contribution >= 0.6 is 0 Å². The smallest absolute Gasteiger partial charge is 0.0412 e. The number of para-hydroxylation sites is 1. The highest BCUT2D eigenvalue weighted by atomic mass is 15.2. The molecule has 0 heterocycles. The van der Waals surface area contributed by atoms with Crippen LogP contribution in [0.4, 0.5) is 5.69 Å². The van der Waals surface area contributed by atoms with E-state index in [1.165, 1.54) is 50.6 Å². The zero-order valence-corrected chi connectivity index (χ0v) is 13.4. The first-order valence-electron chi connectivity index (χ1n) is 8.35. The standard InChI is InChI=1S/C18H32N2/c1-3-5-7-9-14-18(16-19)20(15-6-4-2)17-12-10-8-11-13-17/h8,10-13,18H,3-7,9,14-16,19H2,1-2H3. The van der Waals surface area contributed by atoms with E-state index in [-0.39, 0.29) is 0 Å². The maximum Gasteiger partial charge on any atom is 0.0412 e. The van der Waals surface area contributed by atoms with Gasteiger partial charge in [0.1, 0.15) is 0 Å². The third-order valence-corrected chi connectivity index (χ3v) is 3.94. The van der Waals surface area contributed by atoms with Gasteiger partial charge in [-0.2, -0.15) is 0 Å². The maximum atomic E-state index is 6.06. The Hall–Kier alpha value is -1.02. The molecule has 0 aliphatic heterocycles. The molecular formula is C18H32N2. The third-order valence-electron chi connectivity index (χ3n) is 3.94. The van der Waals surface area contributed by atoms with Gasteiger partial charge < -0.3 is 10.6 Å². The van der Waals surface area contributed by atoms with Gasteiger partial charge in [-0.3, -0.25) is 0 Å². The molecule has 0 amide bonds. The third kappa shape index (κ3) is 5.96. The van der Waals surface area contributed by atoms with E-state index in [0.29, 0.717) is 6.04 Å². The summed E-state index contributed by atoms with van der Waals surface area (Å²) in [5.41, 5.74) is 7.38. The lowest BCUT2D eigenvalue weighted by atomic mass is 10.0. The summed E-state index contributed by atoms with van der Waals surface area (Å²) in [6.45, 7) is 6.39. The molecule has 1 atom stereocenters. The minimum absolute atomic E-state index is 0.487. The van der Waals surface area contributed by atoms with Gasteiger partial charge in [0.05, 0.1) is 0 Å². The van der Waals surface area contributed by atoms with E-state index in [1.807, 2.05) is 0 Å². The maximum absolute atomic E-state index is 6.06. The van der Waals surface area contributed by atoms with Gasteiger partial charge in [0.2, 0.25) is 0 Å². The molecule has 1 aromatic rings. The minimum Gasteiger partial charge on any atom is -0.367 e. The highest BCUT2D eigenvalue weighted by molar-refractivity contribution is 5.47. The van der Waals surface area contributed by atoms with E-state index in [2.05, 4.69) is 49.1 Å². The highest BCUT2D eigenvalue weighted by Crippen LogP contribution is 2.20. The van der Waals surface area contributed by atoms with Crippen molar-refractivity contribution in [2.45, 2.75) is 64.8 Å². The van der Waals surface area contributed by atoms with Gasteiger partial charge >= 0.3 is 0 Å². The zero-order valence-electron chi connectivity index (χ0n) is 13.4. The zero-order chi connectivity index (χ0) is 14.6.